The van der Waals surface area contributed by atoms with Gasteiger partial charge in [0.15, 0.2) is 0 Å². The lowest BCUT2D eigenvalue weighted by Gasteiger charge is -2.35. The number of ether oxygens (including phenoxy) is 1. The molecule has 2 N–H and O–H groups in total. The molecule has 1 aliphatic heterocycles. The number of aliphatic hydroxyl groups is 2. The minimum atomic E-state index is -0.520. The monoisotopic (exact) mass is 315 g/mol. The molecular formula is C13H18BrNO3. The number of benzene rings is 1. The van der Waals surface area contributed by atoms with Crippen LogP contribution in [0.15, 0.2) is 22.7 Å². The zero-order valence-electron chi connectivity index (χ0n) is 10.3. The largest absolute Gasteiger partial charge is 0.394 e. The van der Waals surface area contributed by atoms with Crippen LogP contribution in [0.25, 0.3) is 0 Å². The van der Waals surface area contributed by atoms with E-state index in [2.05, 4.69) is 20.8 Å². The van der Waals surface area contributed by atoms with E-state index >= 15 is 0 Å². The normalized spacial score (nSPS) is 22.0. The first-order valence-corrected chi connectivity index (χ1v) is 6.86. The Morgan fingerprint density at radius 3 is 3.00 bits per heavy atom. The Kier molecular flexibility index (Phi) is 4.61. The third kappa shape index (κ3) is 3.03. The summed E-state index contributed by atoms with van der Waals surface area (Å²) in [7, 11) is 0. The van der Waals surface area contributed by atoms with Crippen molar-refractivity contribution in [3.05, 3.63) is 28.2 Å². The third-order valence-corrected chi connectivity index (χ3v) is 3.62. The van der Waals surface area contributed by atoms with E-state index in [1.54, 1.807) is 6.92 Å². The van der Waals surface area contributed by atoms with Crippen LogP contribution in [-0.4, -0.2) is 42.6 Å². The first kappa shape index (κ1) is 13.8. The summed E-state index contributed by atoms with van der Waals surface area (Å²) in [6.45, 7) is 3.81. The molecule has 4 nitrogen and oxygen atoms in total. The fraction of sp³-hybridized carbons (Fsp3) is 0.538. The topological polar surface area (TPSA) is 52.9 Å². The number of rotatable bonds is 3. The van der Waals surface area contributed by atoms with Crippen molar-refractivity contribution in [1.82, 2.24) is 0 Å². The maximum absolute atomic E-state index is 9.85. The van der Waals surface area contributed by atoms with Gasteiger partial charge in [-0.15, -0.1) is 0 Å². The predicted octanol–water partition coefficient (Wildman–Crippen LogP) is 1.70. The Balaban J connectivity index is 2.26. The zero-order valence-corrected chi connectivity index (χ0v) is 11.9. The summed E-state index contributed by atoms with van der Waals surface area (Å²) < 4.78 is 6.39. The molecule has 0 radical (unpaired) electrons. The summed E-state index contributed by atoms with van der Waals surface area (Å²) in [4.78, 5) is 2.15. The van der Waals surface area contributed by atoms with Gasteiger partial charge >= 0.3 is 0 Å². The molecule has 1 aromatic rings. The first-order chi connectivity index (χ1) is 8.61. The molecule has 18 heavy (non-hydrogen) atoms. The van der Waals surface area contributed by atoms with Gasteiger partial charge in [-0.25, -0.2) is 0 Å². The molecule has 0 spiro atoms. The highest BCUT2D eigenvalue weighted by molar-refractivity contribution is 9.10. The van der Waals surface area contributed by atoms with Gasteiger partial charge in [-0.05, 0) is 25.1 Å². The van der Waals surface area contributed by atoms with Crippen molar-refractivity contribution >= 4 is 21.6 Å². The molecule has 0 aromatic heterocycles. The standard InChI is InChI=1S/C13H18BrNO3/c1-9(17)12-6-10(14)2-3-13(12)15-4-5-18-11(7-15)8-16/h2-3,6,9,11,16-17H,4-5,7-8H2,1H3. The van der Waals surface area contributed by atoms with Crippen LogP contribution in [-0.2, 0) is 4.74 Å². The molecule has 5 heteroatoms. The number of hydrogen-bond donors (Lipinski definition) is 2. The molecular weight excluding hydrogens is 298 g/mol. The lowest BCUT2D eigenvalue weighted by Crippen LogP contribution is -2.44. The lowest BCUT2D eigenvalue weighted by molar-refractivity contribution is 0.00343. The molecule has 1 aromatic carbocycles. The van der Waals surface area contributed by atoms with Crippen LogP contribution in [0.3, 0.4) is 0 Å². The van der Waals surface area contributed by atoms with Crippen molar-refractivity contribution in [2.75, 3.05) is 31.2 Å². The highest BCUT2D eigenvalue weighted by Gasteiger charge is 2.22. The van der Waals surface area contributed by atoms with Gasteiger partial charge in [-0.1, -0.05) is 15.9 Å². The second kappa shape index (κ2) is 6.02. The summed E-state index contributed by atoms with van der Waals surface area (Å²) >= 11 is 3.42. The predicted molar refractivity (Wildman–Crippen MR) is 73.8 cm³/mol. The van der Waals surface area contributed by atoms with E-state index in [9.17, 15) is 5.11 Å². The number of hydrogen-bond acceptors (Lipinski definition) is 4. The Bertz CT molecular complexity index is 411. The number of halogens is 1. The van der Waals surface area contributed by atoms with Crippen LogP contribution in [0, 0.1) is 0 Å². The van der Waals surface area contributed by atoms with Crippen LogP contribution in [0.5, 0.6) is 0 Å². The molecule has 0 amide bonds. The quantitative estimate of drug-likeness (QED) is 0.891. The van der Waals surface area contributed by atoms with E-state index in [-0.39, 0.29) is 12.7 Å². The summed E-state index contributed by atoms with van der Waals surface area (Å²) in [5.41, 5.74) is 1.90. The van der Waals surface area contributed by atoms with Gasteiger partial charge in [0.1, 0.15) is 0 Å². The molecule has 1 saturated heterocycles. The Morgan fingerprint density at radius 1 is 1.56 bits per heavy atom. The molecule has 2 unspecified atom stereocenters. The molecule has 0 saturated carbocycles. The van der Waals surface area contributed by atoms with Gasteiger partial charge in [0.25, 0.3) is 0 Å². The Labute approximate surface area is 115 Å². The van der Waals surface area contributed by atoms with Crippen LogP contribution < -0.4 is 4.90 Å². The fourth-order valence-electron chi connectivity index (χ4n) is 2.20. The summed E-state index contributed by atoms with van der Waals surface area (Å²) in [5.74, 6) is 0. The van der Waals surface area contributed by atoms with E-state index in [1.807, 2.05) is 18.2 Å². The van der Waals surface area contributed by atoms with E-state index in [0.717, 1.165) is 22.3 Å². The molecule has 0 bridgehead atoms. The van der Waals surface area contributed by atoms with Crippen molar-refractivity contribution in [3.8, 4) is 0 Å². The molecule has 100 valence electrons. The molecule has 1 fully saturated rings. The number of nitrogens with zero attached hydrogens (tertiary/aromatic N) is 1. The average molecular weight is 316 g/mol. The van der Waals surface area contributed by atoms with Crippen LogP contribution >= 0.6 is 15.9 Å². The van der Waals surface area contributed by atoms with Crippen LogP contribution in [0.2, 0.25) is 0 Å². The Morgan fingerprint density at radius 2 is 2.33 bits per heavy atom. The van der Waals surface area contributed by atoms with Crippen molar-refractivity contribution in [1.29, 1.82) is 0 Å². The van der Waals surface area contributed by atoms with Crippen molar-refractivity contribution in [2.24, 2.45) is 0 Å². The van der Waals surface area contributed by atoms with Crippen LogP contribution in [0.1, 0.15) is 18.6 Å². The number of anilines is 1. The average Bonchev–Trinajstić information content (AvgIpc) is 2.38. The van der Waals surface area contributed by atoms with Gasteiger partial charge < -0.3 is 19.8 Å². The zero-order chi connectivity index (χ0) is 13.1. The van der Waals surface area contributed by atoms with Gasteiger partial charge in [0, 0.05) is 28.8 Å². The number of aliphatic hydroxyl groups excluding tert-OH is 2. The third-order valence-electron chi connectivity index (χ3n) is 3.12. The van der Waals surface area contributed by atoms with E-state index in [0.29, 0.717) is 13.2 Å². The van der Waals surface area contributed by atoms with E-state index in [1.165, 1.54) is 0 Å². The first-order valence-electron chi connectivity index (χ1n) is 6.06. The van der Waals surface area contributed by atoms with Crippen molar-refractivity contribution < 1.29 is 14.9 Å². The van der Waals surface area contributed by atoms with Gasteiger partial charge in [-0.2, -0.15) is 0 Å². The molecule has 2 atom stereocenters. The van der Waals surface area contributed by atoms with Crippen molar-refractivity contribution in [2.45, 2.75) is 19.1 Å². The Hall–Kier alpha value is -0.620. The second-order valence-corrected chi connectivity index (χ2v) is 5.42. The molecule has 1 aliphatic rings. The summed E-state index contributed by atoms with van der Waals surface area (Å²) in [6, 6.07) is 5.89. The second-order valence-electron chi connectivity index (χ2n) is 4.50. The smallest absolute Gasteiger partial charge is 0.0980 e. The number of morpholine rings is 1. The maximum Gasteiger partial charge on any atom is 0.0980 e. The van der Waals surface area contributed by atoms with Crippen LogP contribution in [0.4, 0.5) is 5.69 Å². The molecule has 2 rings (SSSR count). The minimum absolute atomic E-state index is 0.0248. The highest BCUT2D eigenvalue weighted by Crippen LogP contribution is 2.30. The van der Waals surface area contributed by atoms with Gasteiger partial charge in [-0.3, -0.25) is 0 Å². The molecule has 0 aliphatic carbocycles. The van der Waals surface area contributed by atoms with Gasteiger partial charge in [0.05, 0.1) is 25.4 Å². The van der Waals surface area contributed by atoms with Crippen molar-refractivity contribution in [3.63, 3.8) is 0 Å². The maximum atomic E-state index is 9.85. The van der Waals surface area contributed by atoms with E-state index < -0.39 is 6.10 Å². The minimum Gasteiger partial charge on any atom is -0.394 e. The summed E-state index contributed by atoms with van der Waals surface area (Å²) in [6.07, 6.45) is -0.669. The van der Waals surface area contributed by atoms with Gasteiger partial charge in [0.2, 0.25) is 0 Å². The molecule has 1 heterocycles. The summed E-state index contributed by atoms with van der Waals surface area (Å²) in [5, 5.41) is 19.0. The van der Waals surface area contributed by atoms with E-state index in [4.69, 9.17) is 9.84 Å². The lowest BCUT2D eigenvalue weighted by atomic mass is 10.1. The highest BCUT2D eigenvalue weighted by atomic mass is 79.9. The SMILES string of the molecule is CC(O)c1cc(Br)ccc1N1CCOC(CO)C1. The fourth-order valence-corrected chi connectivity index (χ4v) is 2.58.